The van der Waals surface area contributed by atoms with E-state index in [1.54, 1.807) is 29.5 Å². The average Bonchev–Trinajstić information content (AvgIpc) is 2.88. The van der Waals surface area contributed by atoms with Gasteiger partial charge in [-0.05, 0) is 43.0 Å². The fourth-order valence-electron chi connectivity index (χ4n) is 2.10. The van der Waals surface area contributed by atoms with Crippen LogP contribution in [0.4, 0.5) is 5.82 Å². The van der Waals surface area contributed by atoms with E-state index in [0.29, 0.717) is 11.0 Å². The summed E-state index contributed by atoms with van der Waals surface area (Å²) in [5.74, 6) is 0.380. The molecule has 0 saturated carbocycles. The molecule has 0 radical (unpaired) electrons. The quantitative estimate of drug-likeness (QED) is 0.854. The van der Waals surface area contributed by atoms with Crippen LogP contribution in [0, 0.1) is 0 Å². The van der Waals surface area contributed by atoms with E-state index in [9.17, 15) is 4.79 Å². The van der Waals surface area contributed by atoms with Crippen LogP contribution >= 0.6 is 22.9 Å². The molecule has 0 atom stereocenters. The van der Waals surface area contributed by atoms with Crippen molar-refractivity contribution in [3.63, 3.8) is 0 Å². The Morgan fingerprint density at radius 2 is 2.28 bits per heavy atom. The highest BCUT2D eigenvalue weighted by molar-refractivity contribution is 7.14. The van der Waals surface area contributed by atoms with Gasteiger partial charge in [0.15, 0.2) is 0 Å². The second-order valence-electron chi connectivity index (χ2n) is 4.21. The first kappa shape index (κ1) is 11.7. The summed E-state index contributed by atoms with van der Waals surface area (Å²) in [5, 5.41) is 3.14. The number of nitrogens with one attached hydrogen (secondary N) is 1. The van der Waals surface area contributed by atoms with Crippen LogP contribution in [0.5, 0.6) is 0 Å². The van der Waals surface area contributed by atoms with E-state index in [0.717, 1.165) is 17.7 Å². The number of pyridine rings is 1. The molecule has 1 amide bonds. The number of aromatic nitrogens is 1. The standard InChI is InChI=1S/C13H11ClN2OS/c14-11-5-2-6-12(15-11)16-13(17)10-7-8-3-1-4-9(8)18-10/h2,5-7H,1,3-4H2,(H,15,16,17). The molecular formula is C13H11ClN2OS. The molecule has 18 heavy (non-hydrogen) atoms. The normalized spacial score (nSPS) is 13.4. The maximum atomic E-state index is 12.0. The van der Waals surface area contributed by atoms with Gasteiger partial charge in [-0.1, -0.05) is 17.7 Å². The van der Waals surface area contributed by atoms with Gasteiger partial charge in [-0.2, -0.15) is 0 Å². The lowest BCUT2D eigenvalue weighted by atomic mass is 10.2. The predicted molar refractivity (Wildman–Crippen MR) is 73.5 cm³/mol. The summed E-state index contributed by atoms with van der Waals surface area (Å²) in [6.07, 6.45) is 3.40. The van der Waals surface area contributed by atoms with Crippen LogP contribution < -0.4 is 5.32 Å². The number of aryl methyl sites for hydroxylation is 2. The molecule has 0 unspecified atom stereocenters. The maximum absolute atomic E-state index is 12.0. The van der Waals surface area contributed by atoms with E-state index < -0.39 is 0 Å². The summed E-state index contributed by atoms with van der Waals surface area (Å²) in [6.45, 7) is 0. The van der Waals surface area contributed by atoms with Gasteiger partial charge in [0.25, 0.3) is 5.91 Å². The highest BCUT2D eigenvalue weighted by Crippen LogP contribution is 2.30. The van der Waals surface area contributed by atoms with Crippen molar-refractivity contribution in [3.05, 3.63) is 44.7 Å². The molecule has 0 aliphatic heterocycles. The molecule has 2 heterocycles. The number of carbonyl (C=O) groups is 1. The van der Waals surface area contributed by atoms with E-state index in [1.165, 1.54) is 16.9 Å². The Hall–Kier alpha value is -1.39. The van der Waals surface area contributed by atoms with Crippen LogP contribution in [0.3, 0.4) is 0 Å². The minimum atomic E-state index is -0.107. The second-order valence-corrected chi connectivity index (χ2v) is 5.74. The van der Waals surface area contributed by atoms with E-state index in [4.69, 9.17) is 11.6 Å². The summed E-state index contributed by atoms with van der Waals surface area (Å²) < 4.78 is 0. The molecule has 2 aromatic rings. The zero-order valence-corrected chi connectivity index (χ0v) is 11.1. The van der Waals surface area contributed by atoms with Gasteiger partial charge in [0, 0.05) is 4.88 Å². The Morgan fingerprint density at radius 3 is 3.06 bits per heavy atom. The second kappa shape index (κ2) is 4.71. The van der Waals surface area contributed by atoms with Gasteiger partial charge in [-0.3, -0.25) is 4.79 Å². The highest BCUT2D eigenvalue weighted by atomic mass is 35.5. The van der Waals surface area contributed by atoms with Crippen molar-refractivity contribution in [3.8, 4) is 0 Å². The highest BCUT2D eigenvalue weighted by Gasteiger charge is 2.18. The number of amides is 1. The Labute approximate surface area is 114 Å². The van der Waals surface area contributed by atoms with Crippen LogP contribution in [0.2, 0.25) is 5.15 Å². The van der Waals surface area contributed by atoms with E-state index in [2.05, 4.69) is 10.3 Å². The van der Waals surface area contributed by atoms with Gasteiger partial charge in [0.1, 0.15) is 11.0 Å². The summed E-state index contributed by atoms with van der Waals surface area (Å²) in [5.41, 5.74) is 1.32. The van der Waals surface area contributed by atoms with Crippen molar-refractivity contribution >= 4 is 34.7 Å². The molecule has 3 nitrogen and oxygen atoms in total. The monoisotopic (exact) mass is 278 g/mol. The average molecular weight is 279 g/mol. The number of nitrogens with zero attached hydrogens (tertiary/aromatic N) is 1. The number of rotatable bonds is 2. The number of hydrogen-bond acceptors (Lipinski definition) is 3. The minimum Gasteiger partial charge on any atom is -0.306 e. The van der Waals surface area contributed by atoms with Gasteiger partial charge >= 0.3 is 0 Å². The predicted octanol–water partition coefficient (Wildman–Crippen LogP) is 3.54. The van der Waals surface area contributed by atoms with E-state index >= 15 is 0 Å². The molecule has 1 N–H and O–H groups in total. The Morgan fingerprint density at radius 1 is 1.39 bits per heavy atom. The largest absolute Gasteiger partial charge is 0.306 e. The van der Waals surface area contributed by atoms with Gasteiger partial charge in [-0.15, -0.1) is 11.3 Å². The number of carbonyl (C=O) groups excluding carboxylic acids is 1. The fourth-order valence-corrected chi connectivity index (χ4v) is 3.41. The molecular weight excluding hydrogens is 268 g/mol. The zero-order valence-electron chi connectivity index (χ0n) is 9.57. The number of thiophene rings is 1. The Kier molecular flexibility index (Phi) is 3.06. The lowest BCUT2D eigenvalue weighted by Crippen LogP contribution is -2.11. The van der Waals surface area contributed by atoms with Gasteiger partial charge in [-0.25, -0.2) is 4.98 Å². The molecule has 0 aromatic carbocycles. The zero-order chi connectivity index (χ0) is 12.5. The van der Waals surface area contributed by atoms with Crippen molar-refractivity contribution in [2.45, 2.75) is 19.3 Å². The van der Waals surface area contributed by atoms with Crippen LogP contribution in [0.15, 0.2) is 24.3 Å². The third-order valence-electron chi connectivity index (χ3n) is 2.93. The third-order valence-corrected chi connectivity index (χ3v) is 4.37. The van der Waals surface area contributed by atoms with Crippen molar-refractivity contribution < 1.29 is 4.79 Å². The van der Waals surface area contributed by atoms with Crippen LogP contribution in [-0.4, -0.2) is 10.9 Å². The summed E-state index contributed by atoms with van der Waals surface area (Å²) in [4.78, 5) is 18.2. The molecule has 2 aromatic heterocycles. The first-order chi connectivity index (χ1) is 8.72. The fraction of sp³-hybridized carbons (Fsp3) is 0.231. The first-order valence-corrected chi connectivity index (χ1v) is 6.97. The van der Waals surface area contributed by atoms with Crippen molar-refractivity contribution in [1.29, 1.82) is 0 Å². The van der Waals surface area contributed by atoms with Gasteiger partial charge in [0.05, 0.1) is 4.88 Å². The Bertz CT molecular complexity index is 587. The summed E-state index contributed by atoms with van der Waals surface area (Å²) in [7, 11) is 0. The number of halogens is 1. The number of hydrogen-bond donors (Lipinski definition) is 1. The summed E-state index contributed by atoms with van der Waals surface area (Å²) >= 11 is 7.36. The minimum absolute atomic E-state index is 0.107. The van der Waals surface area contributed by atoms with Crippen molar-refractivity contribution in [2.75, 3.05) is 5.32 Å². The van der Waals surface area contributed by atoms with Gasteiger partial charge < -0.3 is 5.32 Å². The van der Waals surface area contributed by atoms with Crippen molar-refractivity contribution in [1.82, 2.24) is 4.98 Å². The first-order valence-electron chi connectivity index (χ1n) is 5.78. The lowest BCUT2D eigenvalue weighted by Gasteiger charge is -2.02. The van der Waals surface area contributed by atoms with E-state index in [-0.39, 0.29) is 5.91 Å². The molecule has 0 bridgehead atoms. The van der Waals surface area contributed by atoms with Crippen LogP contribution in [-0.2, 0) is 12.8 Å². The Balaban J connectivity index is 1.78. The van der Waals surface area contributed by atoms with Crippen LogP contribution in [0.25, 0.3) is 0 Å². The SMILES string of the molecule is O=C(Nc1cccc(Cl)n1)c1cc2c(s1)CCC2. The smallest absolute Gasteiger partial charge is 0.266 e. The molecule has 0 saturated heterocycles. The molecule has 5 heteroatoms. The van der Waals surface area contributed by atoms with Crippen molar-refractivity contribution in [2.24, 2.45) is 0 Å². The number of fused-ring (bicyclic) bond motifs is 1. The van der Waals surface area contributed by atoms with Crippen LogP contribution in [0.1, 0.15) is 26.5 Å². The molecule has 92 valence electrons. The topological polar surface area (TPSA) is 42.0 Å². The lowest BCUT2D eigenvalue weighted by molar-refractivity contribution is 0.103. The molecule has 1 aliphatic carbocycles. The third kappa shape index (κ3) is 2.26. The molecule has 0 fully saturated rings. The molecule has 0 spiro atoms. The molecule has 1 aliphatic rings. The number of anilines is 1. The van der Waals surface area contributed by atoms with Gasteiger partial charge in [0.2, 0.25) is 0 Å². The molecule has 3 rings (SSSR count). The van der Waals surface area contributed by atoms with E-state index in [1.807, 2.05) is 6.07 Å². The maximum Gasteiger partial charge on any atom is 0.266 e. The summed E-state index contributed by atoms with van der Waals surface area (Å²) in [6, 6.07) is 7.16.